The van der Waals surface area contributed by atoms with Gasteiger partial charge < -0.3 is 5.73 Å². The predicted octanol–water partition coefficient (Wildman–Crippen LogP) is 2.52. The molecule has 0 heterocycles. The molecule has 1 aromatic rings. The van der Waals surface area contributed by atoms with Gasteiger partial charge in [-0.1, -0.05) is 13.8 Å². The molecule has 0 amide bonds. The molecule has 0 aliphatic heterocycles. The molecule has 0 saturated heterocycles. The number of rotatable bonds is 3. The van der Waals surface area contributed by atoms with Gasteiger partial charge in [-0.25, -0.2) is 0 Å². The van der Waals surface area contributed by atoms with E-state index in [2.05, 4.69) is 0 Å². The van der Waals surface area contributed by atoms with Gasteiger partial charge in [-0.15, -0.1) is 0 Å². The normalized spacial score (nSPS) is 10.6. The van der Waals surface area contributed by atoms with Crippen molar-refractivity contribution in [1.29, 1.82) is 0 Å². The molecule has 7 nitrogen and oxygen atoms in total. The number of nitro groups is 2. The molecule has 0 spiro atoms. The van der Waals surface area contributed by atoms with Crippen molar-refractivity contribution in [3.8, 4) is 0 Å². The van der Waals surface area contributed by atoms with E-state index in [0.29, 0.717) is 11.1 Å². The SMILES string of the molecule is Cc1c(C(C)C)cc([N+](=O)[O-])c(N)c1[N+](=O)[O-]. The Morgan fingerprint density at radius 1 is 1.24 bits per heavy atom. The zero-order valence-corrected chi connectivity index (χ0v) is 9.76. The number of anilines is 1. The third kappa shape index (κ3) is 2.17. The Morgan fingerprint density at radius 3 is 2.12 bits per heavy atom. The van der Waals surface area contributed by atoms with Gasteiger partial charge in [0.05, 0.1) is 9.85 Å². The lowest BCUT2D eigenvalue weighted by Crippen LogP contribution is -2.06. The Kier molecular flexibility index (Phi) is 3.31. The molecule has 0 saturated carbocycles. The number of nitrogens with two attached hydrogens (primary N) is 1. The maximum atomic E-state index is 10.9. The van der Waals surface area contributed by atoms with Crippen LogP contribution in [0, 0.1) is 27.2 Å². The second-order valence-electron chi connectivity index (χ2n) is 4.04. The van der Waals surface area contributed by atoms with Crippen LogP contribution in [0.2, 0.25) is 0 Å². The zero-order chi connectivity index (χ0) is 13.3. The highest BCUT2D eigenvalue weighted by molar-refractivity contribution is 5.75. The van der Waals surface area contributed by atoms with E-state index in [4.69, 9.17) is 5.73 Å². The summed E-state index contributed by atoms with van der Waals surface area (Å²) in [6, 6.07) is 1.31. The van der Waals surface area contributed by atoms with E-state index in [9.17, 15) is 20.2 Å². The lowest BCUT2D eigenvalue weighted by Gasteiger charge is -2.11. The highest BCUT2D eigenvalue weighted by Crippen LogP contribution is 2.38. The van der Waals surface area contributed by atoms with Gasteiger partial charge in [-0.05, 0) is 18.4 Å². The average molecular weight is 239 g/mol. The number of nitro benzene ring substituents is 2. The Hall–Kier alpha value is -2.18. The molecule has 17 heavy (non-hydrogen) atoms. The second-order valence-corrected chi connectivity index (χ2v) is 4.04. The summed E-state index contributed by atoms with van der Waals surface area (Å²) >= 11 is 0. The van der Waals surface area contributed by atoms with E-state index in [0.717, 1.165) is 0 Å². The Balaban J connectivity index is 3.69. The lowest BCUT2D eigenvalue weighted by molar-refractivity contribution is -0.392. The molecule has 0 fully saturated rings. The third-order valence-corrected chi connectivity index (χ3v) is 2.61. The standard InChI is InChI=1S/C10H13N3O4/c1-5(2)7-4-8(12(14)15)9(11)10(6(7)3)13(16)17/h4-5H,11H2,1-3H3. The smallest absolute Gasteiger partial charge is 0.302 e. The summed E-state index contributed by atoms with van der Waals surface area (Å²) in [7, 11) is 0. The molecule has 0 unspecified atom stereocenters. The van der Waals surface area contributed by atoms with Crippen LogP contribution < -0.4 is 5.73 Å². The van der Waals surface area contributed by atoms with E-state index in [1.54, 1.807) is 6.92 Å². The largest absolute Gasteiger partial charge is 0.387 e. The fraction of sp³-hybridized carbons (Fsp3) is 0.400. The lowest BCUT2D eigenvalue weighted by atomic mass is 9.95. The number of nitrogens with zero attached hydrogens (tertiary/aromatic N) is 2. The van der Waals surface area contributed by atoms with Crippen molar-refractivity contribution in [2.24, 2.45) is 0 Å². The first kappa shape index (κ1) is 12.9. The molecule has 1 aromatic carbocycles. The summed E-state index contributed by atoms with van der Waals surface area (Å²) in [6.45, 7) is 5.17. The van der Waals surface area contributed by atoms with Crippen molar-refractivity contribution in [1.82, 2.24) is 0 Å². The van der Waals surface area contributed by atoms with Crippen LogP contribution in [0.1, 0.15) is 30.9 Å². The van der Waals surface area contributed by atoms with E-state index >= 15 is 0 Å². The minimum Gasteiger partial charge on any atom is -0.387 e. The van der Waals surface area contributed by atoms with Crippen LogP contribution in [0.3, 0.4) is 0 Å². The van der Waals surface area contributed by atoms with E-state index < -0.39 is 15.5 Å². The number of benzene rings is 1. The van der Waals surface area contributed by atoms with Gasteiger partial charge in [0.2, 0.25) is 0 Å². The summed E-state index contributed by atoms with van der Waals surface area (Å²) in [5.41, 5.74) is 5.25. The van der Waals surface area contributed by atoms with Gasteiger partial charge in [-0.2, -0.15) is 0 Å². The highest BCUT2D eigenvalue weighted by Gasteiger charge is 2.28. The van der Waals surface area contributed by atoms with Crippen LogP contribution in [0.5, 0.6) is 0 Å². The molecule has 92 valence electrons. The first-order chi connectivity index (χ1) is 7.77. The molecule has 0 atom stereocenters. The van der Waals surface area contributed by atoms with Crippen LogP contribution in [-0.2, 0) is 0 Å². The van der Waals surface area contributed by atoms with E-state index in [1.165, 1.54) is 6.07 Å². The number of hydrogen-bond donors (Lipinski definition) is 1. The Bertz CT molecular complexity index is 497. The highest BCUT2D eigenvalue weighted by atomic mass is 16.6. The quantitative estimate of drug-likeness (QED) is 0.494. The zero-order valence-electron chi connectivity index (χ0n) is 9.76. The summed E-state index contributed by atoms with van der Waals surface area (Å²) in [4.78, 5) is 20.3. The maximum absolute atomic E-state index is 10.9. The average Bonchev–Trinajstić information content (AvgIpc) is 2.15. The van der Waals surface area contributed by atoms with Crippen molar-refractivity contribution in [3.05, 3.63) is 37.4 Å². The van der Waals surface area contributed by atoms with Crippen LogP contribution in [0.15, 0.2) is 6.07 Å². The van der Waals surface area contributed by atoms with Crippen molar-refractivity contribution in [2.75, 3.05) is 5.73 Å². The summed E-state index contributed by atoms with van der Waals surface area (Å²) < 4.78 is 0. The molecule has 0 aliphatic rings. The molecule has 0 radical (unpaired) electrons. The molecular formula is C10H13N3O4. The molecular weight excluding hydrogens is 226 g/mol. The van der Waals surface area contributed by atoms with Gasteiger partial charge in [0.25, 0.3) is 5.69 Å². The maximum Gasteiger partial charge on any atom is 0.302 e. The number of hydrogen-bond acceptors (Lipinski definition) is 5. The van der Waals surface area contributed by atoms with Crippen LogP contribution >= 0.6 is 0 Å². The molecule has 0 aliphatic carbocycles. The van der Waals surface area contributed by atoms with Gasteiger partial charge in [0.15, 0.2) is 5.69 Å². The topological polar surface area (TPSA) is 112 Å². The summed E-state index contributed by atoms with van der Waals surface area (Å²) in [6.07, 6.45) is 0. The van der Waals surface area contributed by atoms with Crippen molar-refractivity contribution < 1.29 is 9.85 Å². The van der Waals surface area contributed by atoms with Crippen molar-refractivity contribution in [3.63, 3.8) is 0 Å². The number of nitrogen functional groups attached to an aromatic ring is 1. The molecule has 7 heteroatoms. The fourth-order valence-electron chi connectivity index (χ4n) is 1.78. The summed E-state index contributed by atoms with van der Waals surface area (Å²) in [5, 5.41) is 21.7. The first-order valence-electron chi connectivity index (χ1n) is 4.99. The monoisotopic (exact) mass is 239 g/mol. The minimum atomic E-state index is -0.701. The van der Waals surface area contributed by atoms with Crippen molar-refractivity contribution in [2.45, 2.75) is 26.7 Å². The van der Waals surface area contributed by atoms with E-state index in [-0.39, 0.29) is 17.3 Å². The first-order valence-corrected chi connectivity index (χ1v) is 4.99. The minimum absolute atomic E-state index is 0.0481. The molecule has 2 N–H and O–H groups in total. The summed E-state index contributed by atoms with van der Waals surface area (Å²) in [5.74, 6) is -0.0481. The van der Waals surface area contributed by atoms with Crippen LogP contribution in [0.4, 0.5) is 17.1 Å². The van der Waals surface area contributed by atoms with Gasteiger partial charge in [0.1, 0.15) is 0 Å². The molecule has 0 aromatic heterocycles. The third-order valence-electron chi connectivity index (χ3n) is 2.61. The van der Waals surface area contributed by atoms with Crippen molar-refractivity contribution >= 4 is 17.1 Å². The Morgan fingerprint density at radius 2 is 1.76 bits per heavy atom. The van der Waals surface area contributed by atoms with Crippen LogP contribution in [-0.4, -0.2) is 9.85 Å². The van der Waals surface area contributed by atoms with Gasteiger partial charge in [0, 0.05) is 11.6 Å². The second kappa shape index (κ2) is 4.36. The van der Waals surface area contributed by atoms with Gasteiger partial charge >= 0.3 is 5.69 Å². The molecule has 1 rings (SSSR count). The fourth-order valence-corrected chi connectivity index (χ4v) is 1.78. The Labute approximate surface area is 97.5 Å². The van der Waals surface area contributed by atoms with Gasteiger partial charge in [-0.3, -0.25) is 20.2 Å². The van der Waals surface area contributed by atoms with E-state index in [1.807, 2.05) is 13.8 Å². The van der Waals surface area contributed by atoms with Crippen LogP contribution in [0.25, 0.3) is 0 Å². The predicted molar refractivity (Wildman–Crippen MR) is 63.0 cm³/mol. The molecule has 0 bridgehead atoms.